The molecule has 100 valence electrons. The number of hydrogen-bond acceptors (Lipinski definition) is 2. The molecule has 0 bridgehead atoms. The normalized spacial score (nSPS) is 12.1. The van der Waals surface area contributed by atoms with E-state index in [0.717, 1.165) is 24.9 Å². The van der Waals surface area contributed by atoms with Gasteiger partial charge in [-0.15, -0.1) is 0 Å². The van der Waals surface area contributed by atoms with Gasteiger partial charge in [0.1, 0.15) is 12.0 Å². The molecule has 2 heteroatoms. The number of methoxy groups -OCH3 is 1. The Bertz CT molecular complexity index is 329. The van der Waals surface area contributed by atoms with Crippen LogP contribution in [-0.2, 0) is 4.79 Å². The molecule has 0 saturated carbocycles. The number of carbonyl (C=O) groups excluding carboxylic acids is 1. The maximum atomic E-state index is 10.2. The minimum Gasteiger partial charge on any atom is -0.497 e. The molecule has 1 aromatic carbocycles. The van der Waals surface area contributed by atoms with Gasteiger partial charge in [-0.2, -0.15) is 0 Å². The van der Waals surface area contributed by atoms with Crippen LogP contribution in [0.25, 0.3) is 0 Å². The third kappa shape index (κ3) is 4.91. The van der Waals surface area contributed by atoms with Gasteiger partial charge in [-0.05, 0) is 42.9 Å². The second kappa shape index (κ2) is 8.73. The molecule has 0 aromatic heterocycles. The van der Waals surface area contributed by atoms with E-state index in [2.05, 4.69) is 19.1 Å². The molecule has 0 heterocycles. The fraction of sp³-hybridized carbons (Fsp3) is 0.562. The van der Waals surface area contributed by atoms with Gasteiger partial charge in [0.05, 0.1) is 7.11 Å². The zero-order valence-electron chi connectivity index (χ0n) is 11.5. The minimum atomic E-state index is 0.632. The third-order valence-electron chi connectivity index (χ3n) is 3.45. The largest absolute Gasteiger partial charge is 0.497 e. The molecule has 0 aliphatic heterocycles. The number of unbranched alkanes of at least 4 members (excludes halogenated alkanes) is 3. The summed E-state index contributed by atoms with van der Waals surface area (Å²) in [4.78, 5) is 10.2. The van der Waals surface area contributed by atoms with Crippen molar-refractivity contribution in [1.82, 2.24) is 0 Å². The summed E-state index contributed by atoms with van der Waals surface area (Å²) in [6.45, 7) is 2.24. The molecule has 18 heavy (non-hydrogen) atoms. The van der Waals surface area contributed by atoms with Crippen molar-refractivity contribution >= 4 is 6.29 Å². The Hall–Kier alpha value is -1.31. The third-order valence-corrected chi connectivity index (χ3v) is 3.45. The molecule has 0 amide bonds. The number of rotatable bonds is 9. The van der Waals surface area contributed by atoms with Gasteiger partial charge >= 0.3 is 0 Å². The van der Waals surface area contributed by atoms with Gasteiger partial charge in [-0.3, -0.25) is 0 Å². The molecule has 0 aliphatic rings. The van der Waals surface area contributed by atoms with E-state index < -0.39 is 0 Å². The predicted octanol–water partition coefficient (Wildman–Crippen LogP) is 4.34. The van der Waals surface area contributed by atoms with E-state index >= 15 is 0 Å². The number of aldehydes is 1. The van der Waals surface area contributed by atoms with Crippen molar-refractivity contribution in [1.29, 1.82) is 0 Å². The highest BCUT2D eigenvalue weighted by molar-refractivity contribution is 5.48. The molecule has 1 atom stereocenters. The van der Waals surface area contributed by atoms with E-state index in [1.54, 1.807) is 7.11 Å². The number of benzene rings is 1. The van der Waals surface area contributed by atoms with Crippen molar-refractivity contribution in [3.8, 4) is 5.75 Å². The average Bonchev–Trinajstić information content (AvgIpc) is 2.43. The van der Waals surface area contributed by atoms with Crippen LogP contribution >= 0.6 is 0 Å². The lowest BCUT2D eigenvalue weighted by molar-refractivity contribution is -0.107. The van der Waals surface area contributed by atoms with E-state index in [4.69, 9.17) is 4.74 Å². The van der Waals surface area contributed by atoms with Crippen molar-refractivity contribution in [2.45, 2.75) is 51.4 Å². The van der Waals surface area contributed by atoms with Crippen LogP contribution in [0.5, 0.6) is 5.75 Å². The van der Waals surface area contributed by atoms with E-state index in [1.807, 2.05) is 12.1 Å². The van der Waals surface area contributed by atoms with Crippen LogP contribution in [0.15, 0.2) is 24.3 Å². The standard InChI is InChI=1S/C16H24O2/c1-3-14(8-6-4-5-7-13-17)15-9-11-16(18-2)12-10-15/h9-14H,3-8H2,1-2H3. The number of ether oxygens (including phenoxy) is 1. The van der Waals surface area contributed by atoms with Gasteiger partial charge in [0.2, 0.25) is 0 Å². The van der Waals surface area contributed by atoms with Gasteiger partial charge in [-0.25, -0.2) is 0 Å². The molecule has 0 fully saturated rings. The number of carbonyl (C=O) groups is 1. The lowest BCUT2D eigenvalue weighted by Crippen LogP contribution is -1.98. The quantitative estimate of drug-likeness (QED) is 0.480. The first-order valence-corrected chi connectivity index (χ1v) is 6.89. The molecule has 0 saturated heterocycles. The highest BCUT2D eigenvalue weighted by atomic mass is 16.5. The van der Waals surface area contributed by atoms with Crippen molar-refractivity contribution in [2.75, 3.05) is 7.11 Å². The van der Waals surface area contributed by atoms with Crippen LogP contribution in [-0.4, -0.2) is 13.4 Å². The first kappa shape index (κ1) is 14.7. The number of hydrogen-bond donors (Lipinski definition) is 0. The van der Waals surface area contributed by atoms with Crippen LogP contribution in [0.4, 0.5) is 0 Å². The zero-order valence-corrected chi connectivity index (χ0v) is 11.5. The highest BCUT2D eigenvalue weighted by Crippen LogP contribution is 2.27. The Labute approximate surface area is 110 Å². The topological polar surface area (TPSA) is 26.3 Å². The van der Waals surface area contributed by atoms with Gasteiger partial charge in [-0.1, -0.05) is 31.9 Å². The molecule has 0 spiro atoms. The van der Waals surface area contributed by atoms with Gasteiger partial charge in [0.25, 0.3) is 0 Å². The molecule has 1 aromatic rings. The maximum absolute atomic E-state index is 10.2. The van der Waals surface area contributed by atoms with Gasteiger partial charge < -0.3 is 9.53 Å². The van der Waals surface area contributed by atoms with E-state index in [9.17, 15) is 4.79 Å². The monoisotopic (exact) mass is 248 g/mol. The van der Waals surface area contributed by atoms with Crippen molar-refractivity contribution in [3.05, 3.63) is 29.8 Å². The van der Waals surface area contributed by atoms with Gasteiger partial charge in [0, 0.05) is 6.42 Å². The summed E-state index contributed by atoms with van der Waals surface area (Å²) in [5.41, 5.74) is 1.40. The Morgan fingerprint density at radius 1 is 1.17 bits per heavy atom. The van der Waals surface area contributed by atoms with E-state index in [1.165, 1.54) is 24.8 Å². The molecule has 1 rings (SSSR count). The van der Waals surface area contributed by atoms with E-state index in [-0.39, 0.29) is 0 Å². The predicted molar refractivity (Wildman–Crippen MR) is 75.2 cm³/mol. The minimum absolute atomic E-state index is 0.632. The van der Waals surface area contributed by atoms with Crippen LogP contribution < -0.4 is 4.74 Å². The molecule has 0 N–H and O–H groups in total. The summed E-state index contributed by atoms with van der Waals surface area (Å²) < 4.78 is 5.17. The van der Waals surface area contributed by atoms with Crippen molar-refractivity contribution in [2.24, 2.45) is 0 Å². The maximum Gasteiger partial charge on any atom is 0.119 e. The van der Waals surface area contributed by atoms with Crippen LogP contribution in [0, 0.1) is 0 Å². The fourth-order valence-electron chi connectivity index (χ4n) is 2.28. The van der Waals surface area contributed by atoms with Crippen LogP contribution in [0.2, 0.25) is 0 Å². The first-order chi connectivity index (χ1) is 8.81. The SMILES string of the molecule is CCC(CCCCCC=O)c1ccc(OC)cc1. The summed E-state index contributed by atoms with van der Waals surface area (Å²) in [5.74, 6) is 1.55. The molecular formula is C16H24O2. The van der Waals surface area contributed by atoms with Crippen LogP contribution in [0.1, 0.15) is 56.9 Å². The molecule has 2 nitrogen and oxygen atoms in total. The highest BCUT2D eigenvalue weighted by Gasteiger charge is 2.08. The fourth-order valence-corrected chi connectivity index (χ4v) is 2.28. The smallest absolute Gasteiger partial charge is 0.119 e. The first-order valence-electron chi connectivity index (χ1n) is 6.89. The summed E-state index contributed by atoms with van der Waals surface area (Å²) in [5, 5.41) is 0. The second-order valence-corrected chi connectivity index (χ2v) is 4.68. The Balaban J connectivity index is 2.41. The van der Waals surface area contributed by atoms with Gasteiger partial charge in [0.15, 0.2) is 0 Å². The zero-order chi connectivity index (χ0) is 13.2. The van der Waals surface area contributed by atoms with Crippen molar-refractivity contribution in [3.63, 3.8) is 0 Å². The molecule has 0 radical (unpaired) electrons. The Morgan fingerprint density at radius 3 is 2.44 bits per heavy atom. The second-order valence-electron chi connectivity index (χ2n) is 4.68. The molecule has 1 unspecified atom stereocenters. The molecular weight excluding hydrogens is 224 g/mol. The molecule has 0 aliphatic carbocycles. The van der Waals surface area contributed by atoms with Crippen molar-refractivity contribution < 1.29 is 9.53 Å². The summed E-state index contributed by atoms with van der Waals surface area (Å²) >= 11 is 0. The van der Waals surface area contributed by atoms with Crippen LogP contribution in [0.3, 0.4) is 0 Å². The Kier molecular flexibility index (Phi) is 7.16. The summed E-state index contributed by atoms with van der Waals surface area (Å²) in [6.07, 6.45) is 7.49. The average molecular weight is 248 g/mol. The summed E-state index contributed by atoms with van der Waals surface area (Å²) in [7, 11) is 1.69. The van der Waals surface area contributed by atoms with E-state index in [0.29, 0.717) is 12.3 Å². The Morgan fingerprint density at radius 2 is 1.89 bits per heavy atom. The lowest BCUT2D eigenvalue weighted by atomic mass is 9.91. The lowest BCUT2D eigenvalue weighted by Gasteiger charge is -2.15. The summed E-state index contributed by atoms with van der Waals surface area (Å²) in [6, 6.07) is 8.39.